The van der Waals surface area contributed by atoms with Gasteiger partial charge >= 0.3 is 0 Å². The van der Waals surface area contributed by atoms with Crippen molar-refractivity contribution in [2.24, 2.45) is 0 Å². The minimum absolute atomic E-state index is 0.0768. The number of carbonyl (C=O) groups excluding carboxylic acids is 1. The van der Waals surface area contributed by atoms with Gasteiger partial charge in [0, 0.05) is 37.1 Å². The molecule has 3 rings (SSSR count). The van der Waals surface area contributed by atoms with Gasteiger partial charge in [-0.1, -0.05) is 17.8 Å². The number of nitro groups is 1. The standard InChI is InChI=1S/C19H23N7O4S/c1-4-24-11-15(18(23-24)30-6-3)17-21-22-19(25(17)5-2)31-12-16(27)20-13-8-7-9-14(10-13)26(28)29/h7-11H,4-6,12H2,1-3H3,(H,20,27). The number of nitrogens with one attached hydrogen (secondary N) is 1. The van der Waals surface area contributed by atoms with Crippen LogP contribution in [0.5, 0.6) is 5.88 Å². The number of benzene rings is 1. The van der Waals surface area contributed by atoms with Gasteiger partial charge in [0.25, 0.3) is 5.69 Å². The van der Waals surface area contributed by atoms with E-state index in [0.29, 0.717) is 42.2 Å². The van der Waals surface area contributed by atoms with Crippen molar-refractivity contribution in [1.82, 2.24) is 24.5 Å². The van der Waals surface area contributed by atoms with E-state index >= 15 is 0 Å². The van der Waals surface area contributed by atoms with E-state index in [1.807, 2.05) is 31.5 Å². The van der Waals surface area contributed by atoms with Crippen molar-refractivity contribution < 1.29 is 14.5 Å². The first-order chi connectivity index (χ1) is 15.0. The summed E-state index contributed by atoms with van der Waals surface area (Å²) in [6, 6.07) is 5.80. The maximum absolute atomic E-state index is 12.3. The van der Waals surface area contributed by atoms with E-state index in [1.54, 1.807) is 10.7 Å². The molecule has 1 N–H and O–H groups in total. The largest absolute Gasteiger partial charge is 0.476 e. The summed E-state index contributed by atoms with van der Waals surface area (Å²) in [5.41, 5.74) is 1.02. The van der Waals surface area contributed by atoms with Gasteiger partial charge in [0.2, 0.25) is 11.8 Å². The number of hydrogen-bond acceptors (Lipinski definition) is 8. The average Bonchev–Trinajstić information content (AvgIpc) is 3.35. The molecule has 164 valence electrons. The van der Waals surface area contributed by atoms with E-state index in [1.165, 1.54) is 30.0 Å². The molecule has 31 heavy (non-hydrogen) atoms. The Morgan fingerprint density at radius 1 is 1.26 bits per heavy atom. The van der Waals surface area contributed by atoms with Crippen molar-refractivity contribution in [3.8, 4) is 17.3 Å². The molecule has 0 spiro atoms. The van der Waals surface area contributed by atoms with Crippen molar-refractivity contribution in [3.63, 3.8) is 0 Å². The SMILES string of the molecule is CCOc1nn(CC)cc1-c1nnc(SCC(=O)Nc2cccc([N+](=O)[O-])c2)n1CC. The number of aromatic nitrogens is 5. The van der Waals surface area contributed by atoms with Crippen LogP contribution in [0.25, 0.3) is 11.4 Å². The van der Waals surface area contributed by atoms with Gasteiger partial charge < -0.3 is 14.6 Å². The van der Waals surface area contributed by atoms with Gasteiger partial charge in [-0.05, 0) is 26.8 Å². The van der Waals surface area contributed by atoms with Crippen molar-refractivity contribution in [2.45, 2.75) is 39.0 Å². The fraction of sp³-hybridized carbons (Fsp3) is 0.368. The molecule has 0 saturated carbocycles. The summed E-state index contributed by atoms with van der Waals surface area (Å²) in [5, 5.41) is 27.1. The second kappa shape index (κ2) is 10.1. The Morgan fingerprint density at radius 3 is 2.74 bits per heavy atom. The normalized spacial score (nSPS) is 10.8. The summed E-state index contributed by atoms with van der Waals surface area (Å²) in [6.45, 7) is 7.61. The molecular formula is C19H23N7O4S. The summed E-state index contributed by atoms with van der Waals surface area (Å²) >= 11 is 1.23. The highest BCUT2D eigenvalue weighted by atomic mass is 32.2. The quantitative estimate of drug-likeness (QED) is 0.286. The molecule has 0 aliphatic carbocycles. The zero-order chi connectivity index (χ0) is 22.4. The van der Waals surface area contributed by atoms with Gasteiger partial charge in [-0.2, -0.15) is 0 Å². The molecule has 0 atom stereocenters. The fourth-order valence-electron chi connectivity index (χ4n) is 2.87. The summed E-state index contributed by atoms with van der Waals surface area (Å²) in [6.07, 6.45) is 1.87. The predicted molar refractivity (Wildman–Crippen MR) is 116 cm³/mol. The van der Waals surface area contributed by atoms with Gasteiger partial charge in [0.15, 0.2) is 11.0 Å². The molecule has 0 fully saturated rings. The molecule has 12 heteroatoms. The molecule has 3 aromatic rings. The molecule has 0 aliphatic heterocycles. The number of anilines is 1. The summed E-state index contributed by atoms with van der Waals surface area (Å²) in [7, 11) is 0. The smallest absolute Gasteiger partial charge is 0.271 e. The Bertz CT molecular complexity index is 1080. The number of non-ortho nitro benzene ring substituents is 1. The van der Waals surface area contributed by atoms with E-state index < -0.39 is 4.92 Å². The lowest BCUT2D eigenvalue weighted by molar-refractivity contribution is -0.384. The maximum Gasteiger partial charge on any atom is 0.271 e. The van der Waals surface area contributed by atoms with Gasteiger partial charge in [0.1, 0.15) is 5.56 Å². The lowest BCUT2D eigenvalue weighted by Gasteiger charge is -2.08. The number of rotatable bonds is 10. The van der Waals surface area contributed by atoms with Crippen LogP contribution < -0.4 is 10.1 Å². The lowest BCUT2D eigenvalue weighted by Crippen LogP contribution is -2.14. The number of aryl methyl sites for hydroxylation is 1. The second-order valence-corrected chi connectivity index (χ2v) is 7.27. The highest BCUT2D eigenvalue weighted by Gasteiger charge is 2.21. The predicted octanol–water partition coefficient (Wildman–Crippen LogP) is 3.22. The van der Waals surface area contributed by atoms with Crippen LogP contribution in [0.2, 0.25) is 0 Å². The Balaban J connectivity index is 1.73. The molecule has 11 nitrogen and oxygen atoms in total. The molecule has 0 bridgehead atoms. The molecule has 1 amide bonds. The molecule has 0 unspecified atom stereocenters. The first-order valence-corrected chi connectivity index (χ1v) is 10.8. The molecule has 0 radical (unpaired) electrons. The molecule has 0 aliphatic rings. The molecule has 2 aromatic heterocycles. The first kappa shape index (κ1) is 22.3. The number of nitro benzene ring substituents is 1. The van der Waals surface area contributed by atoms with Crippen LogP contribution in [0.4, 0.5) is 11.4 Å². The Hall–Kier alpha value is -3.41. The van der Waals surface area contributed by atoms with E-state index in [-0.39, 0.29) is 17.3 Å². The first-order valence-electron chi connectivity index (χ1n) is 9.77. The monoisotopic (exact) mass is 445 g/mol. The summed E-state index contributed by atoms with van der Waals surface area (Å²) < 4.78 is 9.31. The average molecular weight is 446 g/mol. The highest BCUT2D eigenvalue weighted by Crippen LogP contribution is 2.30. The minimum atomic E-state index is -0.507. The number of ether oxygens (including phenoxy) is 1. The Labute approximate surface area is 183 Å². The zero-order valence-electron chi connectivity index (χ0n) is 17.4. The third kappa shape index (κ3) is 5.20. The van der Waals surface area contributed by atoms with E-state index in [0.717, 1.165) is 5.56 Å². The number of amides is 1. The van der Waals surface area contributed by atoms with Crippen LogP contribution in [0, 0.1) is 10.1 Å². The van der Waals surface area contributed by atoms with Crippen LogP contribution in [-0.2, 0) is 17.9 Å². The topological polar surface area (TPSA) is 130 Å². The highest BCUT2D eigenvalue weighted by molar-refractivity contribution is 7.99. The Kier molecular flexibility index (Phi) is 7.23. The maximum atomic E-state index is 12.3. The van der Waals surface area contributed by atoms with Crippen LogP contribution in [0.15, 0.2) is 35.6 Å². The van der Waals surface area contributed by atoms with Crippen molar-refractivity contribution in [1.29, 1.82) is 0 Å². The van der Waals surface area contributed by atoms with Crippen LogP contribution in [-0.4, -0.2) is 47.7 Å². The summed E-state index contributed by atoms with van der Waals surface area (Å²) in [4.78, 5) is 22.7. The van der Waals surface area contributed by atoms with Crippen LogP contribution in [0.3, 0.4) is 0 Å². The van der Waals surface area contributed by atoms with Gasteiger partial charge in [0.05, 0.1) is 17.3 Å². The molecule has 0 saturated heterocycles. The second-order valence-electron chi connectivity index (χ2n) is 6.33. The molecule has 1 aromatic carbocycles. The van der Waals surface area contributed by atoms with Gasteiger partial charge in [-0.3, -0.25) is 19.6 Å². The number of hydrogen-bond donors (Lipinski definition) is 1. The molecule has 2 heterocycles. The summed E-state index contributed by atoms with van der Waals surface area (Å²) in [5.74, 6) is 0.887. The fourth-order valence-corrected chi connectivity index (χ4v) is 3.67. The number of nitrogens with zero attached hydrogens (tertiary/aromatic N) is 6. The van der Waals surface area contributed by atoms with Gasteiger partial charge in [-0.15, -0.1) is 15.3 Å². The van der Waals surface area contributed by atoms with Crippen LogP contribution in [0.1, 0.15) is 20.8 Å². The minimum Gasteiger partial charge on any atom is -0.476 e. The third-order valence-corrected chi connectivity index (χ3v) is 5.25. The van der Waals surface area contributed by atoms with Crippen molar-refractivity contribution >= 4 is 29.0 Å². The Morgan fingerprint density at radius 2 is 2.06 bits per heavy atom. The van der Waals surface area contributed by atoms with E-state index in [9.17, 15) is 14.9 Å². The zero-order valence-corrected chi connectivity index (χ0v) is 18.3. The number of thioether (sulfide) groups is 1. The van der Waals surface area contributed by atoms with Crippen molar-refractivity contribution in [3.05, 3.63) is 40.6 Å². The lowest BCUT2D eigenvalue weighted by atomic mass is 10.3. The number of carbonyl (C=O) groups is 1. The van der Waals surface area contributed by atoms with Gasteiger partial charge in [-0.25, -0.2) is 0 Å². The van der Waals surface area contributed by atoms with Crippen molar-refractivity contribution in [2.75, 3.05) is 17.7 Å². The van der Waals surface area contributed by atoms with E-state index in [4.69, 9.17) is 4.74 Å². The van der Waals surface area contributed by atoms with Crippen LogP contribution >= 0.6 is 11.8 Å². The molecular weight excluding hydrogens is 422 g/mol. The van der Waals surface area contributed by atoms with E-state index in [2.05, 4.69) is 20.6 Å². The third-order valence-electron chi connectivity index (χ3n) is 4.28.